The Balaban J connectivity index is 2.35. The highest BCUT2D eigenvalue weighted by Gasteiger charge is 2.16. The molecule has 0 bridgehead atoms. The van der Waals surface area contributed by atoms with Crippen molar-refractivity contribution in [1.82, 2.24) is 15.3 Å². The Bertz CT molecular complexity index is 354. The summed E-state index contributed by atoms with van der Waals surface area (Å²) in [6.07, 6.45) is 3.06. The van der Waals surface area contributed by atoms with Crippen LogP contribution >= 0.6 is 0 Å². The summed E-state index contributed by atoms with van der Waals surface area (Å²) in [4.78, 5) is 9.40. The maximum absolute atomic E-state index is 4.71. The van der Waals surface area contributed by atoms with E-state index in [-0.39, 0.29) is 0 Å². The van der Waals surface area contributed by atoms with Crippen molar-refractivity contribution in [2.75, 3.05) is 6.54 Å². The molecule has 3 heteroatoms. The van der Waals surface area contributed by atoms with Crippen LogP contribution in [0.3, 0.4) is 0 Å². The van der Waals surface area contributed by atoms with Crippen LogP contribution in [0.5, 0.6) is 0 Å². The molecular formula is C13H21N3. The van der Waals surface area contributed by atoms with Gasteiger partial charge in [-0.1, -0.05) is 20.8 Å². The highest BCUT2D eigenvalue weighted by atomic mass is 14.9. The third-order valence-corrected chi connectivity index (χ3v) is 2.99. The highest BCUT2D eigenvalue weighted by Crippen LogP contribution is 2.17. The average Bonchev–Trinajstić information content (AvgIpc) is 2.27. The van der Waals surface area contributed by atoms with E-state index in [2.05, 4.69) is 26.1 Å². The molecule has 2 heterocycles. The van der Waals surface area contributed by atoms with Gasteiger partial charge >= 0.3 is 0 Å². The molecule has 3 nitrogen and oxygen atoms in total. The predicted octanol–water partition coefficient (Wildman–Crippen LogP) is 1.88. The molecule has 0 aliphatic carbocycles. The molecule has 16 heavy (non-hydrogen) atoms. The van der Waals surface area contributed by atoms with Crippen molar-refractivity contribution in [2.24, 2.45) is 5.92 Å². The maximum atomic E-state index is 4.71. The zero-order valence-electron chi connectivity index (χ0n) is 10.5. The van der Waals surface area contributed by atoms with E-state index in [0.717, 1.165) is 38.2 Å². The quantitative estimate of drug-likeness (QED) is 0.843. The van der Waals surface area contributed by atoms with E-state index >= 15 is 0 Å². The lowest BCUT2D eigenvalue weighted by atomic mass is 10.0. The zero-order valence-corrected chi connectivity index (χ0v) is 10.5. The highest BCUT2D eigenvalue weighted by molar-refractivity contribution is 5.28. The zero-order chi connectivity index (χ0) is 11.5. The average molecular weight is 219 g/mol. The second-order valence-corrected chi connectivity index (χ2v) is 4.89. The molecule has 1 aliphatic rings. The van der Waals surface area contributed by atoms with E-state index < -0.39 is 0 Å². The summed E-state index contributed by atoms with van der Waals surface area (Å²) in [6, 6.07) is 0. The fourth-order valence-electron chi connectivity index (χ4n) is 2.22. The van der Waals surface area contributed by atoms with E-state index in [1.54, 1.807) is 0 Å². The van der Waals surface area contributed by atoms with Crippen LogP contribution in [0.15, 0.2) is 0 Å². The number of fused-ring (bicyclic) bond motifs is 1. The molecule has 0 spiro atoms. The van der Waals surface area contributed by atoms with Gasteiger partial charge in [-0.2, -0.15) is 0 Å². The van der Waals surface area contributed by atoms with Crippen LogP contribution in [0.4, 0.5) is 0 Å². The van der Waals surface area contributed by atoms with E-state index in [1.807, 2.05) is 0 Å². The van der Waals surface area contributed by atoms with E-state index in [4.69, 9.17) is 9.97 Å². The summed E-state index contributed by atoms with van der Waals surface area (Å²) < 4.78 is 0. The van der Waals surface area contributed by atoms with Crippen LogP contribution in [0, 0.1) is 5.92 Å². The molecule has 0 amide bonds. The van der Waals surface area contributed by atoms with Crippen molar-refractivity contribution in [1.29, 1.82) is 0 Å². The van der Waals surface area contributed by atoms with Crippen LogP contribution in [-0.2, 0) is 25.8 Å². The standard InChI is InChI=1S/C13H21N3/c1-4-11-10-8-14-6-5-12(10)16-13(15-11)7-9(2)3/h9,14H,4-8H2,1-3H3. The van der Waals surface area contributed by atoms with Crippen LogP contribution in [-0.4, -0.2) is 16.5 Å². The van der Waals surface area contributed by atoms with E-state index in [0.29, 0.717) is 5.92 Å². The smallest absolute Gasteiger partial charge is 0.129 e. The van der Waals surface area contributed by atoms with Gasteiger partial charge in [0.1, 0.15) is 5.82 Å². The second-order valence-electron chi connectivity index (χ2n) is 4.89. The third kappa shape index (κ3) is 2.40. The summed E-state index contributed by atoms with van der Waals surface area (Å²) in [6.45, 7) is 8.61. The van der Waals surface area contributed by atoms with Crippen LogP contribution in [0.25, 0.3) is 0 Å². The topological polar surface area (TPSA) is 37.8 Å². The van der Waals surface area contributed by atoms with E-state index in [9.17, 15) is 0 Å². The van der Waals surface area contributed by atoms with Crippen molar-refractivity contribution in [3.8, 4) is 0 Å². The van der Waals surface area contributed by atoms with E-state index in [1.165, 1.54) is 17.0 Å². The number of aryl methyl sites for hydroxylation is 1. The van der Waals surface area contributed by atoms with Crippen LogP contribution in [0.1, 0.15) is 43.5 Å². The minimum Gasteiger partial charge on any atom is -0.312 e. The van der Waals surface area contributed by atoms with Gasteiger partial charge in [-0.3, -0.25) is 0 Å². The number of hydrogen-bond acceptors (Lipinski definition) is 3. The number of rotatable bonds is 3. The summed E-state index contributed by atoms with van der Waals surface area (Å²) in [5.41, 5.74) is 3.87. The summed E-state index contributed by atoms with van der Waals surface area (Å²) in [7, 11) is 0. The second kappa shape index (κ2) is 4.91. The molecule has 1 aromatic heterocycles. The van der Waals surface area contributed by atoms with Gasteiger partial charge < -0.3 is 5.32 Å². The van der Waals surface area contributed by atoms with Crippen molar-refractivity contribution in [2.45, 2.75) is 46.6 Å². The van der Waals surface area contributed by atoms with Gasteiger partial charge in [0.15, 0.2) is 0 Å². The van der Waals surface area contributed by atoms with Gasteiger partial charge in [0, 0.05) is 37.2 Å². The number of hydrogen-bond donors (Lipinski definition) is 1. The van der Waals surface area contributed by atoms with Gasteiger partial charge in [0.25, 0.3) is 0 Å². The molecule has 0 saturated carbocycles. The Morgan fingerprint density at radius 2 is 2.12 bits per heavy atom. The molecule has 0 unspecified atom stereocenters. The summed E-state index contributed by atoms with van der Waals surface area (Å²) in [5.74, 6) is 1.66. The Labute approximate surface area is 97.7 Å². The molecule has 0 radical (unpaired) electrons. The minimum atomic E-state index is 0.629. The van der Waals surface area contributed by atoms with Gasteiger partial charge in [0.2, 0.25) is 0 Å². The third-order valence-electron chi connectivity index (χ3n) is 2.99. The van der Waals surface area contributed by atoms with Gasteiger partial charge in [0.05, 0.1) is 5.69 Å². The summed E-state index contributed by atoms with van der Waals surface area (Å²) in [5, 5.41) is 3.40. The van der Waals surface area contributed by atoms with Crippen LogP contribution in [0.2, 0.25) is 0 Å². The van der Waals surface area contributed by atoms with Gasteiger partial charge in [-0.25, -0.2) is 9.97 Å². The molecule has 0 aromatic carbocycles. The van der Waals surface area contributed by atoms with Gasteiger partial charge in [-0.15, -0.1) is 0 Å². The lowest BCUT2D eigenvalue weighted by Gasteiger charge is -2.20. The van der Waals surface area contributed by atoms with Crippen molar-refractivity contribution >= 4 is 0 Å². The SMILES string of the molecule is CCc1nc(CC(C)C)nc2c1CNCC2. The Kier molecular flexibility index (Phi) is 3.54. The Morgan fingerprint density at radius 3 is 2.81 bits per heavy atom. The molecule has 0 fully saturated rings. The molecule has 2 rings (SSSR count). The molecule has 0 atom stereocenters. The normalized spacial score (nSPS) is 15.2. The monoisotopic (exact) mass is 219 g/mol. The molecule has 1 aliphatic heterocycles. The molecule has 0 saturated heterocycles. The first-order valence-corrected chi connectivity index (χ1v) is 6.29. The number of nitrogens with zero attached hydrogens (tertiary/aromatic N) is 2. The van der Waals surface area contributed by atoms with Crippen molar-refractivity contribution in [3.05, 3.63) is 22.8 Å². The predicted molar refractivity (Wildman–Crippen MR) is 65.4 cm³/mol. The fraction of sp³-hybridized carbons (Fsp3) is 0.692. The van der Waals surface area contributed by atoms with Crippen molar-refractivity contribution in [3.63, 3.8) is 0 Å². The maximum Gasteiger partial charge on any atom is 0.129 e. The Morgan fingerprint density at radius 1 is 1.31 bits per heavy atom. The van der Waals surface area contributed by atoms with Crippen molar-refractivity contribution < 1.29 is 0 Å². The number of aromatic nitrogens is 2. The largest absolute Gasteiger partial charge is 0.312 e. The minimum absolute atomic E-state index is 0.629. The summed E-state index contributed by atoms with van der Waals surface area (Å²) >= 11 is 0. The molecule has 88 valence electrons. The first-order chi connectivity index (χ1) is 7.70. The molecule has 1 aromatic rings. The number of nitrogens with one attached hydrogen (secondary N) is 1. The molecular weight excluding hydrogens is 198 g/mol. The lowest BCUT2D eigenvalue weighted by Crippen LogP contribution is -2.27. The Hall–Kier alpha value is -0.960. The first-order valence-electron chi connectivity index (χ1n) is 6.29. The lowest BCUT2D eigenvalue weighted by molar-refractivity contribution is 0.583. The fourth-order valence-corrected chi connectivity index (χ4v) is 2.22. The first kappa shape index (κ1) is 11.5. The van der Waals surface area contributed by atoms with Gasteiger partial charge in [-0.05, 0) is 12.3 Å². The molecule has 1 N–H and O–H groups in total. The van der Waals surface area contributed by atoms with Crippen LogP contribution < -0.4 is 5.32 Å².